The highest BCUT2D eigenvalue weighted by Gasteiger charge is 2.22. The molecule has 0 aliphatic carbocycles. The third-order valence-corrected chi connectivity index (χ3v) is 6.97. The number of benzene rings is 2. The number of rotatable bonds is 9. The van der Waals surface area contributed by atoms with Gasteiger partial charge in [-0.3, -0.25) is 5.43 Å². The Balaban J connectivity index is 1.23. The molecule has 0 amide bonds. The Morgan fingerprint density at radius 1 is 0.941 bits per heavy atom. The Bertz CT molecular complexity index is 906. The lowest BCUT2D eigenvalue weighted by Gasteiger charge is -2.33. The molecular formula is C29H40FN3O. The predicted octanol–water partition coefficient (Wildman–Crippen LogP) is 6.15. The van der Waals surface area contributed by atoms with Gasteiger partial charge in [-0.25, -0.2) is 9.40 Å². The number of nitrogens with zero attached hydrogens (tertiary/aromatic N) is 2. The van der Waals surface area contributed by atoms with Gasteiger partial charge in [-0.1, -0.05) is 43.0 Å². The van der Waals surface area contributed by atoms with Crippen LogP contribution >= 0.6 is 0 Å². The first-order valence-electron chi connectivity index (χ1n) is 12.8. The van der Waals surface area contributed by atoms with Crippen LogP contribution in [0.25, 0.3) is 16.8 Å². The van der Waals surface area contributed by atoms with Crippen LogP contribution in [-0.4, -0.2) is 54.9 Å². The van der Waals surface area contributed by atoms with E-state index in [-0.39, 0.29) is 0 Å². The molecule has 2 saturated heterocycles. The molecule has 1 N–H and O–H groups in total. The molecule has 0 aromatic heterocycles. The lowest BCUT2D eigenvalue weighted by molar-refractivity contribution is 0.0751. The van der Waals surface area contributed by atoms with Gasteiger partial charge in [0.1, 0.15) is 11.4 Å². The van der Waals surface area contributed by atoms with Crippen molar-refractivity contribution in [3.8, 4) is 16.9 Å². The second kappa shape index (κ2) is 11.4. The summed E-state index contributed by atoms with van der Waals surface area (Å²) in [5.41, 5.74) is 6.78. The molecule has 4 nitrogen and oxygen atoms in total. The summed E-state index contributed by atoms with van der Waals surface area (Å²) in [6, 6.07) is 17.1. The van der Waals surface area contributed by atoms with Crippen LogP contribution in [0.1, 0.15) is 51.5 Å². The molecule has 4 rings (SSSR count). The van der Waals surface area contributed by atoms with Crippen molar-refractivity contribution in [3.63, 3.8) is 0 Å². The van der Waals surface area contributed by atoms with Gasteiger partial charge in [-0.2, -0.15) is 0 Å². The van der Waals surface area contributed by atoms with E-state index in [1.807, 2.05) is 0 Å². The maximum Gasteiger partial charge on any atom is 0.119 e. The number of hydrogen-bond acceptors (Lipinski definition) is 4. The molecule has 0 radical (unpaired) electrons. The van der Waals surface area contributed by atoms with Crippen LogP contribution in [0.15, 0.2) is 55.1 Å². The zero-order chi connectivity index (χ0) is 24.0. The lowest BCUT2D eigenvalue weighted by atomic mass is 9.99. The second-order valence-electron chi connectivity index (χ2n) is 10.4. The van der Waals surface area contributed by atoms with E-state index < -0.39 is 5.67 Å². The lowest BCUT2D eigenvalue weighted by Crippen LogP contribution is -2.48. The minimum atomic E-state index is -1.18. The van der Waals surface area contributed by atoms with E-state index in [4.69, 9.17) is 4.74 Å². The van der Waals surface area contributed by atoms with Gasteiger partial charge in [0.2, 0.25) is 0 Å². The van der Waals surface area contributed by atoms with Gasteiger partial charge in [0, 0.05) is 38.4 Å². The number of halogens is 1. The molecule has 2 aromatic carbocycles. The average Bonchev–Trinajstić information content (AvgIpc) is 2.87. The van der Waals surface area contributed by atoms with E-state index in [2.05, 4.69) is 70.4 Å². The fourth-order valence-corrected chi connectivity index (χ4v) is 4.72. The topological polar surface area (TPSA) is 27.7 Å². The molecule has 2 fully saturated rings. The highest BCUT2D eigenvalue weighted by atomic mass is 19.1. The normalized spacial score (nSPS) is 18.1. The van der Waals surface area contributed by atoms with Crippen LogP contribution < -0.4 is 10.2 Å². The average molecular weight is 466 g/mol. The fourth-order valence-electron chi connectivity index (χ4n) is 4.72. The van der Waals surface area contributed by atoms with E-state index in [0.717, 1.165) is 57.1 Å². The first-order valence-corrected chi connectivity index (χ1v) is 12.8. The fraction of sp³-hybridized carbons (Fsp3) is 0.517. The van der Waals surface area contributed by atoms with Gasteiger partial charge < -0.3 is 9.64 Å². The number of piperidine rings is 2. The minimum absolute atomic E-state index is 0.358. The molecule has 0 bridgehead atoms. The third kappa shape index (κ3) is 7.07. The van der Waals surface area contributed by atoms with Crippen LogP contribution in [-0.2, 0) is 0 Å². The van der Waals surface area contributed by atoms with Gasteiger partial charge in [0.15, 0.2) is 0 Å². The van der Waals surface area contributed by atoms with Crippen molar-refractivity contribution in [2.45, 2.75) is 51.6 Å². The minimum Gasteiger partial charge on any atom is -0.493 e. The van der Waals surface area contributed by atoms with Crippen molar-refractivity contribution in [1.29, 1.82) is 0 Å². The van der Waals surface area contributed by atoms with Crippen LogP contribution in [0.3, 0.4) is 0 Å². The molecule has 0 spiro atoms. The molecule has 184 valence electrons. The molecule has 2 aliphatic heterocycles. The number of hydrazine groups is 1. The van der Waals surface area contributed by atoms with Crippen LogP contribution in [0.2, 0.25) is 0 Å². The third-order valence-electron chi connectivity index (χ3n) is 6.97. The summed E-state index contributed by atoms with van der Waals surface area (Å²) in [6.45, 7) is 12.7. The smallest absolute Gasteiger partial charge is 0.119 e. The van der Waals surface area contributed by atoms with Gasteiger partial charge in [-0.05, 0) is 80.7 Å². The van der Waals surface area contributed by atoms with E-state index in [0.29, 0.717) is 12.5 Å². The van der Waals surface area contributed by atoms with Crippen molar-refractivity contribution < 1.29 is 9.13 Å². The molecule has 2 aromatic rings. The predicted molar refractivity (Wildman–Crippen MR) is 139 cm³/mol. The zero-order valence-corrected chi connectivity index (χ0v) is 20.9. The Hall–Kier alpha value is -2.37. The first-order chi connectivity index (χ1) is 16.4. The molecule has 34 heavy (non-hydrogen) atoms. The Morgan fingerprint density at radius 3 is 2.12 bits per heavy atom. The number of alkyl halides is 1. The summed E-state index contributed by atoms with van der Waals surface area (Å²) >= 11 is 0. The van der Waals surface area contributed by atoms with E-state index >= 15 is 0 Å². The molecule has 0 saturated carbocycles. The highest BCUT2D eigenvalue weighted by molar-refractivity contribution is 5.69. The number of hydrogen-bond donors (Lipinski definition) is 1. The van der Waals surface area contributed by atoms with Gasteiger partial charge >= 0.3 is 0 Å². The van der Waals surface area contributed by atoms with Crippen molar-refractivity contribution in [3.05, 3.63) is 60.7 Å². The Labute approximate surface area is 204 Å². The summed E-state index contributed by atoms with van der Waals surface area (Å²) in [5.74, 6) is 1.45. The largest absolute Gasteiger partial charge is 0.493 e. The molecule has 2 aliphatic rings. The summed E-state index contributed by atoms with van der Waals surface area (Å²) in [7, 11) is 0. The maximum absolute atomic E-state index is 13.7. The monoisotopic (exact) mass is 465 g/mol. The van der Waals surface area contributed by atoms with Crippen LogP contribution in [0.4, 0.5) is 4.39 Å². The number of likely N-dealkylation sites (tertiary alicyclic amines) is 1. The first kappa shape index (κ1) is 24.7. The van der Waals surface area contributed by atoms with Gasteiger partial charge in [-0.15, -0.1) is 0 Å². The maximum atomic E-state index is 13.7. The van der Waals surface area contributed by atoms with Crippen LogP contribution in [0.5, 0.6) is 5.75 Å². The van der Waals surface area contributed by atoms with Gasteiger partial charge in [0.25, 0.3) is 0 Å². The highest BCUT2D eigenvalue weighted by Crippen LogP contribution is 2.27. The quantitative estimate of drug-likeness (QED) is 0.480. The second-order valence-corrected chi connectivity index (χ2v) is 10.4. The number of ether oxygens (including phenoxy) is 1. The molecule has 2 heterocycles. The summed E-state index contributed by atoms with van der Waals surface area (Å²) in [4.78, 5) is 2.41. The van der Waals surface area contributed by atoms with Crippen molar-refractivity contribution in [2.24, 2.45) is 5.92 Å². The summed E-state index contributed by atoms with van der Waals surface area (Å²) in [5, 5.41) is 2.14. The standard InChI is InChI=1S/C29H40FN3O/c1-23(32-17-5-4-6-18-32)25-7-9-26(10-8-25)27-11-13-28(14-12-27)34-21-24-15-19-33(20-16-24)31-22-29(2,3)30/h7-14,24,31H,1,4-6,15-22H2,2-3H3. The van der Waals surface area contributed by atoms with Gasteiger partial charge in [0.05, 0.1) is 6.61 Å². The number of nitrogens with one attached hydrogen (secondary N) is 1. The van der Waals surface area contributed by atoms with Crippen LogP contribution in [0, 0.1) is 5.92 Å². The molecular weight excluding hydrogens is 425 g/mol. The van der Waals surface area contributed by atoms with Crippen molar-refractivity contribution in [1.82, 2.24) is 15.3 Å². The Morgan fingerprint density at radius 2 is 1.53 bits per heavy atom. The Kier molecular flexibility index (Phi) is 8.28. The van der Waals surface area contributed by atoms with E-state index in [9.17, 15) is 4.39 Å². The van der Waals surface area contributed by atoms with E-state index in [1.54, 1.807) is 13.8 Å². The molecule has 0 unspecified atom stereocenters. The SMILES string of the molecule is C=C(c1ccc(-c2ccc(OCC3CCN(NCC(C)(C)F)CC3)cc2)cc1)N1CCCCC1. The van der Waals surface area contributed by atoms with Crippen molar-refractivity contribution in [2.75, 3.05) is 39.3 Å². The van der Waals surface area contributed by atoms with Crippen molar-refractivity contribution >= 4 is 5.70 Å². The molecule has 5 heteroatoms. The zero-order valence-electron chi connectivity index (χ0n) is 20.9. The summed E-state index contributed by atoms with van der Waals surface area (Å²) < 4.78 is 19.8. The molecule has 0 atom stereocenters. The van der Waals surface area contributed by atoms with E-state index in [1.165, 1.54) is 36.0 Å². The summed E-state index contributed by atoms with van der Waals surface area (Å²) in [6.07, 6.45) is 5.99.